The highest BCUT2D eigenvalue weighted by atomic mass is 32.2. The van der Waals surface area contributed by atoms with Crippen LogP contribution in [0.4, 0.5) is 0 Å². The van der Waals surface area contributed by atoms with E-state index in [4.69, 9.17) is 14.6 Å². The van der Waals surface area contributed by atoms with Gasteiger partial charge in [-0.25, -0.2) is 13.4 Å². The number of benzene rings is 3. The number of carbonyl (C=O) groups excluding carboxylic acids is 1. The molecule has 2 fully saturated rings. The smallest absolute Gasteiger partial charge is 0.265 e. The first-order valence-corrected chi connectivity index (χ1v) is 15.1. The van der Waals surface area contributed by atoms with E-state index in [-0.39, 0.29) is 10.8 Å². The lowest BCUT2D eigenvalue weighted by Crippen LogP contribution is -2.43. The van der Waals surface area contributed by atoms with Crippen LogP contribution in [0.1, 0.15) is 49.3 Å². The molecule has 2 unspecified atom stereocenters. The second-order valence-electron chi connectivity index (χ2n) is 10.6. The molecule has 8 heteroatoms. The Morgan fingerprint density at radius 3 is 2.15 bits per heavy atom. The van der Waals surface area contributed by atoms with Gasteiger partial charge in [0.2, 0.25) is 0 Å². The molecule has 2 saturated carbocycles. The lowest BCUT2D eigenvalue weighted by molar-refractivity contribution is -0.134. The van der Waals surface area contributed by atoms with Crippen molar-refractivity contribution in [2.45, 2.75) is 47.8 Å². The molecule has 7 nitrogen and oxygen atoms in total. The molecule has 0 bridgehead atoms. The molecule has 0 radical (unpaired) electrons. The fraction of sp³-hybridized carbons (Fsp3) is 0.312. The highest BCUT2D eigenvalue weighted by Crippen LogP contribution is 2.52. The van der Waals surface area contributed by atoms with Gasteiger partial charge in [0.15, 0.2) is 14.6 Å². The zero-order valence-corrected chi connectivity index (χ0v) is 23.4. The van der Waals surface area contributed by atoms with Crippen molar-refractivity contribution in [1.82, 2.24) is 5.01 Å². The fourth-order valence-corrected chi connectivity index (χ4v) is 7.88. The number of sulfone groups is 1. The topological polar surface area (TPSA) is 85.3 Å². The van der Waals surface area contributed by atoms with Gasteiger partial charge in [0.1, 0.15) is 11.5 Å². The Morgan fingerprint density at radius 2 is 1.55 bits per heavy atom. The Hall–Kier alpha value is -3.91. The average Bonchev–Trinajstić information content (AvgIpc) is 3.73. The van der Waals surface area contributed by atoms with Crippen LogP contribution in [0.5, 0.6) is 11.5 Å². The van der Waals surface area contributed by atoms with Gasteiger partial charge in [-0.1, -0.05) is 42.5 Å². The third-order valence-electron chi connectivity index (χ3n) is 8.29. The Balaban J connectivity index is 1.42. The Kier molecular flexibility index (Phi) is 6.74. The van der Waals surface area contributed by atoms with E-state index in [1.54, 1.807) is 44.6 Å². The molecule has 0 N–H and O–H groups in total. The van der Waals surface area contributed by atoms with Crippen molar-refractivity contribution in [3.8, 4) is 11.5 Å². The molecule has 2 atom stereocenters. The molecule has 0 saturated heterocycles. The van der Waals surface area contributed by atoms with Crippen LogP contribution in [0.25, 0.3) is 6.08 Å². The number of hydrogen-bond acceptors (Lipinski definition) is 6. The van der Waals surface area contributed by atoms with E-state index >= 15 is 0 Å². The first-order chi connectivity index (χ1) is 19.4. The lowest BCUT2D eigenvalue weighted by atomic mass is 9.77. The molecule has 0 spiro atoms. The molecule has 6 rings (SSSR count). The van der Waals surface area contributed by atoms with Gasteiger partial charge < -0.3 is 9.47 Å². The number of fused-ring (bicyclic) bond motifs is 1. The molecule has 0 aromatic heterocycles. The number of hydrogen-bond donors (Lipinski definition) is 0. The van der Waals surface area contributed by atoms with Gasteiger partial charge in [0.25, 0.3) is 5.91 Å². The molecule has 1 amide bonds. The Morgan fingerprint density at radius 1 is 0.925 bits per heavy atom. The van der Waals surface area contributed by atoms with E-state index in [0.29, 0.717) is 12.8 Å². The van der Waals surface area contributed by atoms with Crippen LogP contribution in [0.15, 0.2) is 94.4 Å². The third-order valence-corrected chi connectivity index (χ3v) is 10.8. The van der Waals surface area contributed by atoms with Crippen molar-refractivity contribution >= 4 is 27.5 Å². The standard InChI is InChI=1S/C32H32N2O5S/c1-38-25-15-11-22(12-16-25)21-24-7-6-10-28-29(24)33-34(30(28)23-13-17-26(39-2)18-14-23)31(35)32(19-20-32)40(36,37)27-8-4-3-5-9-27/h3-5,8-9,11-18,21,28,30H,6-7,10,19-20H2,1-2H3/b24-21-. The molecule has 40 heavy (non-hydrogen) atoms. The molecule has 1 aliphatic heterocycles. The molecule has 3 aromatic carbocycles. The molecule has 206 valence electrons. The summed E-state index contributed by atoms with van der Waals surface area (Å²) in [5.41, 5.74) is 3.88. The quantitative estimate of drug-likeness (QED) is 0.365. The summed E-state index contributed by atoms with van der Waals surface area (Å²) in [5, 5.41) is 6.44. The number of nitrogens with zero attached hydrogens (tertiary/aromatic N) is 2. The van der Waals surface area contributed by atoms with Crippen LogP contribution >= 0.6 is 0 Å². The highest BCUT2D eigenvalue weighted by Gasteiger charge is 2.64. The average molecular weight is 557 g/mol. The van der Waals surface area contributed by atoms with Gasteiger partial charge >= 0.3 is 0 Å². The zero-order chi connectivity index (χ0) is 27.9. The SMILES string of the molecule is COc1ccc(/C=C2/CCCC3C2=NN(C(=O)C2(S(=O)(=O)c4ccccc4)CC2)C3c2ccc(OC)cc2)cc1. The summed E-state index contributed by atoms with van der Waals surface area (Å²) in [5.74, 6) is 1.02. The highest BCUT2D eigenvalue weighted by molar-refractivity contribution is 7.94. The molecular weight excluding hydrogens is 524 g/mol. The summed E-state index contributed by atoms with van der Waals surface area (Å²) in [6.45, 7) is 0. The summed E-state index contributed by atoms with van der Waals surface area (Å²) in [6.07, 6.45) is 5.35. The number of ether oxygens (including phenoxy) is 2. The van der Waals surface area contributed by atoms with Crippen LogP contribution < -0.4 is 9.47 Å². The number of amides is 1. The minimum Gasteiger partial charge on any atom is -0.497 e. The van der Waals surface area contributed by atoms with Gasteiger partial charge in [0.05, 0.1) is 30.9 Å². The van der Waals surface area contributed by atoms with Gasteiger partial charge in [-0.15, -0.1) is 0 Å². The molecule has 2 aliphatic carbocycles. The zero-order valence-electron chi connectivity index (χ0n) is 22.6. The summed E-state index contributed by atoms with van der Waals surface area (Å²) in [7, 11) is -0.633. The van der Waals surface area contributed by atoms with E-state index in [9.17, 15) is 13.2 Å². The largest absolute Gasteiger partial charge is 0.497 e. The van der Waals surface area contributed by atoms with Crippen LogP contribution in [0.3, 0.4) is 0 Å². The van der Waals surface area contributed by atoms with Crippen LogP contribution in [0.2, 0.25) is 0 Å². The summed E-state index contributed by atoms with van der Waals surface area (Å²) < 4.78 is 36.7. The minimum atomic E-state index is -3.89. The second-order valence-corrected chi connectivity index (χ2v) is 12.9. The van der Waals surface area contributed by atoms with Crippen molar-refractivity contribution in [2.24, 2.45) is 11.0 Å². The van der Waals surface area contributed by atoms with Crippen LogP contribution in [0, 0.1) is 5.92 Å². The number of rotatable bonds is 7. The lowest BCUT2D eigenvalue weighted by Gasteiger charge is -2.31. The first-order valence-electron chi connectivity index (χ1n) is 13.6. The maximum Gasteiger partial charge on any atom is 0.265 e. The van der Waals surface area contributed by atoms with Crippen molar-refractivity contribution < 1.29 is 22.7 Å². The number of allylic oxidation sites excluding steroid dienone is 1. The van der Waals surface area contributed by atoms with Gasteiger partial charge in [0, 0.05) is 5.92 Å². The van der Waals surface area contributed by atoms with E-state index < -0.39 is 26.5 Å². The minimum absolute atomic E-state index is 0.0363. The predicted octanol–water partition coefficient (Wildman–Crippen LogP) is 5.83. The maximum absolute atomic E-state index is 14.3. The van der Waals surface area contributed by atoms with Gasteiger partial charge in [-0.2, -0.15) is 5.10 Å². The van der Waals surface area contributed by atoms with Crippen LogP contribution in [-0.4, -0.2) is 44.0 Å². The molecule has 3 aliphatic rings. The van der Waals surface area contributed by atoms with Gasteiger partial charge in [-0.3, -0.25) is 4.79 Å². The van der Waals surface area contributed by atoms with Crippen molar-refractivity contribution in [3.63, 3.8) is 0 Å². The van der Waals surface area contributed by atoms with Crippen molar-refractivity contribution in [3.05, 3.63) is 95.6 Å². The van der Waals surface area contributed by atoms with Crippen molar-refractivity contribution in [2.75, 3.05) is 14.2 Å². The van der Waals surface area contributed by atoms with E-state index in [1.807, 2.05) is 48.5 Å². The maximum atomic E-state index is 14.3. The summed E-state index contributed by atoms with van der Waals surface area (Å²) in [6, 6.07) is 23.4. The Labute approximate surface area is 235 Å². The predicted molar refractivity (Wildman–Crippen MR) is 154 cm³/mol. The van der Waals surface area contributed by atoms with E-state index in [0.717, 1.165) is 53.2 Å². The van der Waals surface area contributed by atoms with E-state index in [1.165, 1.54) is 5.01 Å². The third kappa shape index (κ3) is 4.40. The number of carbonyl (C=O) groups is 1. The molecule has 3 aromatic rings. The normalized spacial score (nSPS) is 22.4. The van der Waals surface area contributed by atoms with Crippen LogP contribution in [-0.2, 0) is 14.6 Å². The van der Waals surface area contributed by atoms with Gasteiger partial charge in [-0.05, 0) is 91.3 Å². The molecule has 1 heterocycles. The molecular formula is C32H32N2O5S. The number of methoxy groups -OCH3 is 2. The summed E-state index contributed by atoms with van der Waals surface area (Å²) >= 11 is 0. The van der Waals surface area contributed by atoms with E-state index in [2.05, 4.69) is 6.08 Å². The Bertz CT molecular complexity index is 1570. The summed E-state index contributed by atoms with van der Waals surface area (Å²) in [4.78, 5) is 14.5. The number of hydrazone groups is 1. The monoisotopic (exact) mass is 556 g/mol. The second kappa shape index (κ2) is 10.2. The van der Waals surface area contributed by atoms with Crippen molar-refractivity contribution in [1.29, 1.82) is 0 Å². The fourth-order valence-electron chi connectivity index (χ4n) is 5.95. The first kappa shape index (κ1) is 26.3.